The molecule has 104 valence electrons. The molecule has 3 unspecified atom stereocenters. The van der Waals surface area contributed by atoms with Crippen molar-refractivity contribution >= 4 is 11.8 Å². The molecule has 0 spiro atoms. The smallest absolute Gasteiger partial charge is 0.239 e. The summed E-state index contributed by atoms with van der Waals surface area (Å²) >= 11 is 0. The number of nitrogens with zero attached hydrogens (tertiary/aromatic N) is 1. The average molecular weight is 255 g/mol. The maximum atomic E-state index is 12.3. The standard InChI is InChI=1S/C13H25N3O2/c1-4-15-12(17)8-16(3)13(18)10-6-5-7-11(14)9(10)2/h9-11H,4-8,14H2,1-3H3,(H,15,17). The molecule has 0 saturated heterocycles. The van der Waals surface area contributed by atoms with Gasteiger partial charge in [0.25, 0.3) is 0 Å². The van der Waals surface area contributed by atoms with Crippen LogP contribution in [0.3, 0.4) is 0 Å². The zero-order valence-corrected chi connectivity index (χ0v) is 11.6. The lowest BCUT2D eigenvalue weighted by molar-refractivity contribution is -0.140. The Morgan fingerprint density at radius 3 is 2.67 bits per heavy atom. The molecule has 0 heterocycles. The highest BCUT2D eigenvalue weighted by atomic mass is 16.2. The molecule has 1 saturated carbocycles. The van der Waals surface area contributed by atoms with Crippen molar-refractivity contribution in [1.82, 2.24) is 10.2 Å². The minimum absolute atomic E-state index is 0.0341. The van der Waals surface area contributed by atoms with Crippen LogP contribution < -0.4 is 11.1 Å². The van der Waals surface area contributed by atoms with E-state index in [-0.39, 0.29) is 36.2 Å². The van der Waals surface area contributed by atoms with Crippen LogP contribution in [-0.2, 0) is 9.59 Å². The Morgan fingerprint density at radius 2 is 2.06 bits per heavy atom. The van der Waals surface area contributed by atoms with Gasteiger partial charge in [-0.3, -0.25) is 9.59 Å². The third-order valence-corrected chi connectivity index (χ3v) is 3.81. The second kappa shape index (κ2) is 6.73. The van der Waals surface area contributed by atoms with Gasteiger partial charge in [-0.1, -0.05) is 13.3 Å². The van der Waals surface area contributed by atoms with Crippen molar-refractivity contribution in [3.05, 3.63) is 0 Å². The van der Waals surface area contributed by atoms with Crippen molar-refractivity contribution in [2.45, 2.75) is 39.2 Å². The van der Waals surface area contributed by atoms with E-state index in [0.29, 0.717) is 6.54 Å². The summed E-state index contributed by atoms with van der Waals surface area (Å²) in [4.78, 5) is 25.3. The number of hydrogen-bond donors (Lipinski definition) is 2. The number of rotatable bonds is 4. The van der Waals surface area contributed by atoms with Gasteiger partial charge in [-0.2, -0.15) is 0 Å². The van der Waals surface area contributed by atoms with E-state index in [9.17, 15) is 9.59 Å². The number of amides is 2. The number of nitrogens with two attached hydrogens (primary N) is 1. The van der Waals surface area contributed by atoms with Gasteiger partial charge < -0.3 is 16.0 Å². The van der Waals surface area contributed by atoms with Crippen LogP contribution >= 0.6 is 0 Å². The van der Waals surface area contributed by atoms with Crippen molar-refractivity contribution in [3.63, 3.8) is 0 Å². The lowest BCUT2D eigenvalue weighted by Crippen LogP contribution is -2.47. The largest absolute Gasteiger partial charge is 0.355 e. The first-order chi connectivity index (χ1) is 8.47. The van der Waals surface area contributed by atoms with Gasteiger partial charge >= 0.3 is 0 Å². The molecule has 5 heteroatoms. The number of carbonyl (C=O) groups excluding carboxylic acids is 2. The van der Waals surface area contributed by atoms with E-state index in [1.165, 1.54) is 4.90 Å². The second-order valence-electron chi connectivity index (χ2n) is 5.21. The number of hydrogen-bond acceptors (Lipinski definition) is 3. The van der Waals surface area contributed by atoms with E-state index in [2.05, 4.69) is 5.32 Å². The predicted octanol–water partition coefficient (Wildman–Crippen LogP) is 0.344. The van der Waals surface area contributed by atoms with Gasteiger partial charge in [0.05, 0.1) is 6.54 Å². The molecular formula is C13H25N3O2. The van der Waals surface area contributed by atoms with Crippen LogP contribution in [0.25, 0.3) is 0 Å². The van der Waals surface area contributed by atoms with Crippen molar-refractivity contribution in [2.24, 2.45) is 17.6 Å². The lowest BCUT2D eigenvalue weighted by Gasteiger charge is -2.35. The van der Waals surface area contributed by atoms with Gasteiger partial charge in [0.1, 0.15) is 0 Å². The molecule has 3 atom stereocenters. The first-order valence-electron chi connectivity index (χ1n) is 6.74. The predicted molar refractivity (Wildman–Crippen MR) is 70.8 cm³/mol. The minimum atomic E-state index is -0.110. The molecule has 0 aromatic rings. The topological polar surface area (TPSA) is 75.4 Å². The minimum Gasteiger partial charge on any atom is -0.355 e. The summed E-state index contributed by atoms with van der Waals surface area (Å²) in [6.07, 6.45) is 2.87. The number of nitrogens with one attached hydrogen (secondary N) is 1. The van der Waals surface area contributed by atoms with Crippen molar-refractivity contribution in [1.29, 1.82) is 0 Å². The third-order valence-electron chi connectivity index (χ3n) is 3.81. The summed E-state index contributed by atoms with van der Waals surface area (Å²) in [6, 6.07) is 0.102. The van der Waals surface area contributed by atoms with E-state index in [0.717, 1.165) is 19.3 Å². The SMILES string of the molecule is CCNC(=O)CN(C)C(=O)C1CCCC(N)C1C. The Bertz CT molecular complexity index is 307. The summed E-state index contributed by atoms with van der Waals surface area (Å²) in [6.45, 7) is 4.62. The summed E-state index contributed by atoms with van der Waals surface area (Å²) < 4.78 is 0. The van der Waals surface area contributed by atoms with Crippen LogP contribution in [0.1, 0.15) is 33.1 Å². The van der Waals surface area contributed by atoms with E-state index in [1.54, 1.807) is 7.05 Å². The fraction of sp³-hybridized carbons (Fsp3) is 0.846. The average Bonchev–Trinajstić information content (AvgIpc) is 2.32. The molecule has 1 aliphatic rings. The quantitative estimate of drug-likeness (QED) is 0.761. The molecule has 1 fully saturated rings. The Labute approximate surface area is 109 Å². The molecule has 0 bridgehead atoms. The van der Waals surface area contributed by atoms with Crippen molar-refractivity contribution in [3.8, 4) is 0 Å². The Hall–Kier alpha value is -1.10. The van der Waals surface area contributed by atoms with Crippen molar-refractivity contribution < 1.29 is 9.59 Å². The fourth-order valence-corrected chi connectivity index (χ4v) is 2.58. The third kappa shape index (κ3) is 3.70. The Kier molecular flexibility index (Phi) is 5.59. The lowest BCUT2D eigenvalue weighted by atomic mass is 9.76. The van der Waals surface area contributed by atoms with Crippen molar-refractivity contribution in [2.75, 3.05) is 20.1 Å². The zero-order chi connectivity index (χ0) is 13.7. The van der Waals surface area contributed by atoms with Crippen LogP contribution in [-0.4, -0.2) is 42.9 Å². The highest BCUT2D eigenvalue weighted by molar-refractivity contribution is 5.85. The summed E-state index contributed by atoms with van der Waals surface area (Å²) in [5, 5.41) is 2.70. The van der Waals surface area contributed by atoms with Crippen LogP contribution in [0.15, 0.2) is 0 Å². The summed E-state index contributed by atoms with van der Waals surface area (Å²) in [7, 11) is 1.68. The summed E-state index contributed by atoms with van der Waals surface area (Å²) in [5.41, 5.74) is 6.01. The number of likely N-dealkylation sites (N-methyl/N-ethyl adjacent to an activating group) is 2. The van der Waals surface area contributed by atoms with Gasteiger partial charge in [0, 0.05) is 25.6 Å². The normalized spacial score (nSPS) is 27.7. The Balaban J connectivity index is 2.54. The van der Waals surface area contributed by atoms with Gasteiger partial charge in [0.2, 0.25) is 11.8 Å². The molecule has 2 amide bonds. The maximum Gasteiger partial charge on any atom is 0.239 e. The van der Waals surface area contributed by atoms with Gasteiger partial charge in [-0.15, -0.1) is 0 Å². The van der Waals surface area contributed by atoms with E-state index in [4.69, 9.17) is 5.73 Å². The molecular weight excluding hydrogens is 230 g/mol. The molecule has 3 N–H and O–H groups in total. The molecule has 0 aliphatic heterocycles. The van der Waals surface area contributed by atoms with Crippen LogP contribution in [0.4, 0.5) is 0 Å². The maximum absolute atomic E-state index is 12.3. The monoisotopic (exact) mass is 255 g/mol. The molecule has 5 nitrogen and oxygen atoms in total. The van der Waals surface area contributed by atoms with E-state index < -0.39 is 0 Å². The highest BCUT2D eigenvalue weighted by Gasteiger charge is 2.34. The van der Waals surface area contributed by atoms with Crippen LogP contribution in [0.2, 0.25) is 0 Å². The molecule has 18 heavy (non-hydrogen) atoms. The van der Waals surface area contributed by atoms with Crippen LogP contribution in [0.5, 0.6) is 0 Å². The van der Waals surface area contributed by atoms with E-state index >= 15 is 0 Å². The highest BCUT2D eigenvalue weighted by Crippen LogP contribution is 2.30. The van der Waals surface area contributed by atoms with Gasteiger partial charge in [-0.05, 0) is 25.7 Å². The molecule has 1 aliphatic carbocycles. The number of carbonyl (C=O) groups is 2. The molecule has 1 rings (SSSR count). The first-order valence-corrected chi connectivity index (χ1v) is 6.74. The van der Waals surface area contributed by atoms with Gasteiger partial charge in [0.15, 0.2) is 0 Å². The summed E-state index contributed by atoms with van der Waals surface area (Å²) in [5.74, 6) is 0.0983. The molecule has 0 aromatic heterocycles. The second-order valence-corrected chi connectivity index (χ2v) is 5.21. The Morgan fingerprint density at radius 1 is 1.39 bits per heavy atom. The van der Waals surface area contributed by atoms with E-state index in [1.807, 2.05) is 13.8 Å². The van der Waals surface area contributed by atoms with Gasteiger partial charge in [-0.25, -0.2) is 0 Å². The first kappa shape index (κ1) is 15.0. The zero-order valence-electron chi connectivity index (χ0n) is 11.6. The van der Waals surface area contributed by atoms with Crippen LogP contribution in [0, 0.1) is 11.8 Å². The molecule has 0 radical (unpaired) electrons. The fourth-order valence-electron chi connectivity index (χ4n) is 2.58. The molecule has 0 aromatic carbocycles.